The van der Waals surface area contributed by atoms with Crippen LogP contribution in [-0.2, 0) is 4.74 Å². The first-order valence-corrected chi connectivity index (χ1v) is 9.57. The van der Waals surface area contributed by atoms with E-state index in [0.717, 1.165) is 28.3 Å². The summed E-state index contributed by atoms with van der Waals surface area (Å²) in [5.41, 5.74) is 4.28. The molecule has 7 nitrogen and oxygen atoms in total. The molecule has 0 saturated heterocycles. The molecule has 0 aliphatic rings. The van der Waals surface area contributed by atoms with Gasteiger partial charge in [-0.2, -0.15) is 5.10 Å². The summed E-state index contributed by atoms with van der Waals surface area (Å²) in [7, 11) is 3.21. The Bertz CT molecular complexity index is 1170. The van der Waals surface area contributed by atoms with E-state index in [9.17, 15) is 4.79 Å². The van der Waals surface area contributed by atoms with Crippen LogP contribution in [0.4, 0.5) is 0 Å². The fourth-order valence-corrected chi connectivity index (χ4v) is 3.19. The Balaban J connectivity index is 1.85. The molecule has 0 atom stereocenters. The van der Waals surface area contributed by atoms with Crippen LogP contribution >= 0.6 is 0 Å². The minimum Gasteiger partial charge on any atom is -0.497 e. The molecule has 0 saturated carbocycles. The van der Waals surface area contributed by atoms with Crippen molar-refractivity contribution in [2.45, 2.75) is 0 Å². The molecule has 0 spiro atoms. The summed E-state index contributed by atoms with van der Waals surface area (Å²) in [6.45, 7) is 0.840. The molecule has 0 aliphatic heterocycles. The first kappa shape index (κ1) is 19.6. The lowest BCUT2D eigenvalue weighted by Gasteiger charge is -2.10. The van der Waals surface area contributed by atoms with Crippen molar-refractivity contribution in [1.29, 1.82) is 0 Å². The van der Waals surface area contributed by atoms with E-state index in [4.69, 9.17) is 14.6 Å². The molecule has 0 radical (unpaired) electrons. The predicted molar refractivity (Wildman–Crippen MR) is 115 cm³/mol. The molecular formula is C23H22N4O3. The van der Waals surface area contributed by atoms with Crippen molar-refractivity contribution < 1.29 is 14.3 Å². The van der Waals surface area contributed by atoms with Gasteiger partial charge in [0.05, 0.1) is 25.1 Å². The molecule has 4 aromatic rings. The normalized spacial score (nSPS) is 10.9. The number of carbonyl (C=O) groups is 1. The molecule has 2 aromatic heterocycles. The number of hydrogen-bond donors (Lipinski definition) is 1. The summed E-state index contributed by atoms with van der Waals surface area (Å²) >= 11 is 0. The Morgan fingerprint density at radius 2 is 1.80 bits per heavy atom. The largest absolute Gasteiger partial charge is 0.497 e. The molecule has 2 aromatic carbocycles. The number of hydrogen-bond acceptors (Lipinski definition) is 5. The second-order valence-corrected chi connectivity index (χ2v) is 6.67. The molecule has 7 heteroatoms. The van der Waals surface area contributed by atoms with Crippen molar-refractivity contribution in [1.82, 2.24) is 19.9 Å². The van der Waals surface area contributed by atoms with Gasteiger partial charge in [0.15, 0.2) is 5.65 Å². The van der Waals surface area contributed by atoms with E-state index >= 15 is 0 Å². The van der Waals surface area contributed by atoms with Crippen LogP contribution in [0.5, 0.6) is 5.75 Å². The third-order valence-corrected chi connectivity index (χ3v) is 4.69. The van der Waals surface area contributed by atoms with Crippen LogP contribution in [0, 0.1) is 0 Å². The monoisotopic (exact) mass is 402 g/mol. The maximum Gasteiger partial charge on any atom is 0.270 e. The lowest BCUT2D eigenvalue weighted by Crippen LogP contribution is -2.28. The first-order valence-electron chi connectivity index (χ1n) is 9.57. The minimum absolute atomic E-state index is 0.263. The van der Waals surface area contributed by atoms with E-state index in [1.165, 1.54) is 0 Å². The van der Waals surface area contributed by atoms with Gasteiger partial charge in [-0.05, 0) is 18.2 Å². The number of fused-ring (bicyclic) bond motifs is 1. The molecule has 0 bridgehead atoms. The van der Waals surface area contributed by atoms with Gasteiger partial charge in [0.25, 0.3) is 5.91 Å². The molecule has 1 amide bonds. The van der Waals surface area contributed by atoms with Gasteiger partial charge in [0, 0.05) is 30.8 Å². The van der Waals surface area contributed by atoms with Crippen LogP contribution in [0.1, 0.15) is 10.5 Å². The highest BCUT2D eigenvalue weighted by atomic mass is 16.5. The number of benzene rings is 2. The van der Waals surface area contributed by atoms with Gasteiger partial charge in [0.2, 0.25) is 0 Å². The first-order chi connectivity index (χ1) is 14.7. The molecule has 30 heavy (non-hydrogen) atoms. The van der Waals surface area contributed by atoms with E-state index in [1.54, 1.807) is 24.8 Å². The van der Waals surface area contributed by atoms with Gasteiger partial charge in [0.1, 0.15) is 11.4 Å². The summed E-state index contributed by atoms with van der Waals surface area (Å²) in [5, 5.41) is 7.58. The van der Waals surface area contributed by atoms with Crippen molar-refractivity contribution in [2.24, 2.45) is 0 Å². The molecule has 4 rings (SSSR count). The summed E-state index contributed by atoms with van der Waals surface area (Å²) in [6.07, 6.45) is 0. The quantitative estimate of drug-likeness (QED) is 0.479. The molecule has 152 valence electrons. The van der Waals surface area contributed by atoms with Gasteiger partial charge in [-0.1, -0.05) is 42.5 Å². The summed E-state index contributed by atoms with van der Waals surface area (Å²) in [6, 6.07) is 21.1. The van der Waals surface area contributed by atoms with Crippen molar-refractivity contribution in [3.63, 3.8) is 0 Å². The zero-order chi connectivity index (χ0) is 20.9. The molecule has 0 fully saturated rings. The Labute approximate surface area is 174 Å². The smallest absolute Gasteiger partial charge is 0.270 e. The van der Waals surface area contributed by atoms with Crippen LogP contribution < -0.4 is 10.1 Å². The van der Waals surface area contributed by atoms with Gasteiger partial charge in [-0.15, -0.1) is 0 Å². The lowest BCUT2D eigenvalue weighted by molar-refractivity contribution is 0.0932. The predicted octanol–water partition coefficient (Wildman–Crippen LogP) is 3.45. The second-order valence-electron chi connectivity index (χ2n) is 6.67. The van der Waals surface area contributed by atoms with Gasteiger partial charge in [-0.25, -0.2) is 9.50 Å². The maximum atomic E-state index is 12.7. The van der Waals surface area contributed by atoms with Crippen molar-refractivity contribution in [2.75, 3.05) is 27.4 Å². The third-order valence-electron chi connectivity index (χ3n) is 4.69. The number of nitrogens with one attached hydrogen (secondary N) is 1. The van der Waals surface area contributed by atoms with E-state index in [-0.39, 0.29) is 5.91 Å². The number of methoxy groups -OCH3 is 2. The fourth-order valence-electron chi connectivity index (χ4n) is 3.19. The Kier molecular flexibility index (Phi) is 5.72. The number of ether oxygens (including phenoxy) is 2. The topological polar surface area (TPSA) is 77.8 Å². The highest BCUT2D eigenvalue weighted by molar-refractivity contribution is 5.94. The summed E-state index contributed by atoms with van der Waals surface area (Å²) < 4.78 is 12.1. The minimum atomic E-state index is -0.263. The standard InChI is InChI=1S/C23H22N4O3/c1-29-12-11-24-23(28)20-14-21(17-9-6-10-18(13-17)30-2)27-22(25-20)15-19(26-27)16-7-4-3-5-8-16/h3-10,13-15H,11-12H2,1-2H3,(H,24,28). The van der Waals surface area contributed by atoms with E-state index in [2.05, 4.69) is 10.3 Å². The van der Waals surface area contributed by atoms with Gasteiger partial charge < -0.3 is 14.8 Å². The highest BCUT2D eigenvalue weighted by Gasteiger charge is 2.16. The summed E-state index contributed by atoms with van der Waals surface area (Å²) in [5.74, 6) is 0.458. The zero-order valence-corrected chi connectivity index (χ0v) is 16.8. The second kappa shape index (κ2) is 8.75. The Hall–Kier alpha value is -3.71. The number of rotatable bonds is 7. The molecule has 0 unspecified atom stereocenters. The zero-order valence-electron chi connectivity index (χ0n) is 16.8. The Morgan fingerprint density at radius 1 is 1.00 bits per heavy atom. The average molecular weight is 402 g/mol. The Morgan fingerprint density at radius 3 is 2.57 bits per heavy atom. The van der Waals surface area contributed by atoms with Crippen LogP contribution in [0.3, 0.4) is 0 Å². The van der Waals surface area contributed by atoms with Gasteiger partial charge in [-0.3, -0.25) is 4.79 Å². The molecule has 0 aliphatic carbocycles. The number of carbonyl (C=O) groups excluding carboxylic acids is 1. The lowest BCUT2D eigenvalue weighted by atomic mass is 10.1. The third kappa shape index (κ3) is 4.01. The fraction of sp³-hybridized carbons (Fsp3) is 0.174. The number of nitrogens with zero attached hydrogens (tertiary/aromatic N) is 3. The van der Waals surface area contributed by atoms with Crippen LogP contribution in [0.25, 0.3) is 28.2 Å². The van der Waals surface area contributed by atoms with Crippen LogP contribution in [0.15, 0.2) is 66.7 Å². The van der Waals surface area contributed by atoms with E-state index in [1.807, 2.05) is 60.7 Å². The van der Waals surface area contributed by atoms with Crippen LogP contribution in [-0.4, -0.2) is 47.9 Å². The number of aromatic nitrogens is 3. The number of amides is 1. The molecule has 2 heterocycles. The SMILES string of the molecule is COCCNC(=O)c1cc(-c2cccc(OC)c2)n2nc(-c3ccccc3)cc2n1. The average Bonchev–Trinajstić information content (AvgIpc) is 3.23. The van der Waals surface area contributed by atoms with E-state index in [0.29, 0.717) is 24.5 Å². The maximum absolute atomic E-state index is 12.7. The summed E-state index contributed by atoms with van der Waals surface area (Å²) in [4.78, 5) is 17.2. The van der Waals surface area contributed by atoms with E-state index < -0.39 is 0 Å². The molecular weight excluding hydrogens is 380 g/mol. The van der Waals surface area contributed by atoms with Crippen molar-refractivity contribution in [3.05, 3.63) is 72.4 Å². The highest BCUT2D eigenvalue weighted by Crippen LogP contribution is 2.27. The van der Waals surface area contributed by atoms with Crippen molar-refractivity contribution >= 4 is 11.6 Å². The van der Waals surface area contributed by atoms with Gasteiger partial charge >= 0.3 is 0 Å². The van der Waals surface area contributed by atoms with Crippen molar-refractivity contribution in [3.8, 4) is 28.3 Å². The van der Waals surface area contributed by atoms with Crippen LogP contribution in [0.2, 0.25) is 0 Å². The molecule has 1 N–H and O–H groups in total.